The molecule has 104 valence electrons. The molecule has 0 aliphatic heterocycles. The number of nitrogens with one attached hydrogen (secondary N) is 1. The largest absolute Gasteiger partial charge is 0.494 e. The van der Waals surface area contributed by atoms with Gasteiger partial charge in [0.15, 0.2) is 5.75 Å². The lowest BCUT2D eigenvalue weighted by atomic mass is 10.3. The van der Waals surface area contributed by atoms with Crippen LogP contribution in [0.3, 0.4) is 0 Å². The van der Waals surface area contributed by atoms with Crippen molar-refractivity contribution in [3.05, 3.63) is 21.6 Å². The van der Waals surface area contributed by atoms with Gasteiger partial charge in [0.25, 0.3) is 0 Å². The molecule has 0 radical (unpaired) electrons. The maximum absolute atomic E-state index is 12.2. The Labute approximate surface area is 125 Å². The Bertz CT molecular complexity index is 613. The van der Waals surface area contributed by atoms with Crippen LogP contribution in [0.1, 0.15) is 13.3 Å². The topological polar surface area (TPSA) is 79.2 Å². The summed E-state index contributed by atoms with van der Waals surface area (Å²) in [6, 6.07) is 4.23. The lowest BCUT2D eigenvalue weighted by Crippen LogP contribution is -2.32. The van der Waals surface area contributed by atoms with Crippen molar-refractivity contribution in [2.75, 3.05) is 7.11 Å². The van der Waals surface area contributed by atoms with Crippen LogP contribution in [0.25, 0.3) is 0 Å². The molecule has 0 aromatic heterocycles. The minimum absolute atomic E-state index is 0.0702. The Morgan fingerprint density at radius 1 is 1.58 bits per heavy atom. The molecule has 0 heterocycles. The van der Waals surface area contributed by atoms with E-state index in [1.807, 2.05) is 6.07 Å². The molecule has 0 bridgehead atoms. The van der Waals surface area contributed by atoms with E-state index < -0.39 is 16.1 Å². The fourth-order valence-electron chi connectivity index (χ4n) is 1.44. The van der Waals surface area contributed by atoms with E-state index in [0.29, 0.717) is 4.47 Å². The van der Waals surface area contributed by atoms with E-state index in [4.69, 9.17) is 21.6 Å². The molecule has 5 nitrogen and oxygen atoms in total. The van der Waals surface area contributed by atoms with Crippen LogP contribution < -0.4 is 9.46 Å². The van der Waals surface area contributed by atoms with Crippen LogP contribution in [0.2, 0.25) is 5.02 Å². The Morgan fingerprint density at radius 3 is 2.74 bits per heavy atom. The van der Waals surface area contributed by atoms with Gasteiger partial charge in [-0.05, 0) is 35.0 Å². The normalized spacial score (nSPS) is 12.8. The Hall–Kier alpha value is -0.810. The van der Waals surface area contributed by atoms with Crippen molar-refractivity contribution in [3.63, 3.8) is 0 Å². The molecule has 0 saturated heterocycles. The predicted molar refractivity (Wildman–Crippen MR) is 75.7 cm³/mol. The number of benzene rings is 1. The first-order chi connectivity index (χ1) is 8.81. The highest BCUT2D eigenvalue weighted by atomic mass is 79.9. The summed E-state index contributed by atoms with van der Waals surface area (Å²) in [6.45, 7) is 1.60. The molecule has 0 saturated carbocycles. The number of sulfonamides is 1. The van der Waals surface area contributed by atoms with Gasteiger partial charge >= 0.3 is 0 Å². The van der Waals surface area contributed by atoms with Crippen LogP contribution in [0.4, 0.5) is 0 Å². The van der Waals surface area contributed by atoms with Crippen LogP contribution in [0.5, 0.6) is 5.75 Å². The zero-order chi connectivity index (χ0) is 14.6. The standard InChI is InChI=1S/C11H12BrClN2O3S/c1-7(3-4-14)15-19(16,17)10-6-8(13)5-9(12)11(10)18-2/h5-7,15H,3H2,1-2H3/t7-/m0/s1. The third-order valence-corrected chi connectivity index (χ3v) is 4.62. The number of hydrogen-bond donors (Lipinski definition) is 1. The van der Waals surface area contributed by atoms with E-state index in [2.05, 4.69) is 20.7 Å². The first-order valence-electron chi connectivity index (χ1n) is 5.24. The Balaban J connectivity index is 3.25. The first-order valence-corrected chi connectivity index (χ1v) is 7.89. The number of rotatable bonds is 5. The summed E-state index contributed by atoms with van der Waals surface area (Å²) < 4.78 is 32.3. The molecule has 0 amide bonds. The number of halogens is 2. The van der Waals surface area contributed by atoms with Crippen molar-refractivity contribution in [2.24, 2.45) is 0 Å². The molecule has 1 aromatic rings. The lowest BCUT2D eigenvalue weighted by molar-refractivity contribution is 0.399. The first kappa shape index (κ1) is 16.2. The monoisotopic (exact) mass is 366 g/mol. The van der Waals surface area contributed by atoms with Crippen molar-refractivity contribution in [3.8, 4) is 11.8 Å². The Kier molecular flexibility index (Phi) is 5.62. The van der Waals surface area contributed by atoms with E-state index in [0.717, 1.165) is 0 Å². The van der Waals surface area contributed by atoms with Gasteiger partial charge in [0.05, 0.1) is 24.1 Å². The molecule has 0 aliphatic carbocycles. The van der Waals surface area contributed by atoms with Gasteiger partial charge in [0.2, 0.25) is 10.0 Å². The van der Waals surface area contributed by atoms with Crippen LogP contribution in [0, 0.1) is 11.3 Å². The van der Waals surface area contributed by atoms with Crippen molar-refractivity contribution in [1.82, 2.24) is 4.72 Å². The van der Waals surface area contributed by atoms with Crippen molar-refractivity contribution in [2.45, 2.75) is 24.3 Å². The van der Waals surface area contributed by atoms with Gasteiger partial charge in [-0.2, -0.15) is 5.26 Å². The minimum Gasteiger partial charge on any atom is -0.494 e. The number of nitrogens with zero attached hydrogens (tertiary/aromatic N) is 1. The Morgan fingerprint density at radius 2 is 2.21 bits per heavy atom. The molecule has 19 heavy (non-hydrogen) atoms. The maximum atomic E-state index is 12.2. The van der Waals surface area contributed by atoms with Crippen molar-refractivity contribution in [1.29, 1.82) is 5.26 Å². The molecular weight excluding hydrogens is 356 g/mol. The van der Waals surface area contributed by atoms with E-state index >= 15 is 0 Å². The van der Waals surface area contributed by atoms with Crippen LogP contribution in [-0.4, -0.2) is 21.6 Å². The van der Waals surface area contributed by atoms with Gasteiger partial charge in [-0.3, -0.25) is 0 Å². The van der Waals surface area contributed by atoms with E-state index in [1.54, 1.807) is 6.92 Å². The average Bonchev–Trinajstić information content (AvgIpc) is 2.27. The second-order valence-electron chi connectivity index (χ2n) is 3.80. The summed E-state index contributed by atoms with van der Waals surface area (Å²) in [5.41, 5.74) is 0. The minimum atomic E-state index is -3.81. The molecule has 0 unspecified atom stereocenters. The fraction of sp³-hybridized carbons (Fsp3) is 0.364. The average molecular weight is 368 g/mol. The summed E-state index contributed by atoms with van der Waals surface area (Å²) in [5.74, 6) is 0.168. The smallest absolute Gasteiger partial charge is 0.244 e. The van der Waals surface area contributed by atoms with Gasteiger partial charge < -0.3 is 4.74 Å². The zero-order valence-electron chi connectivity index (χ0n) is 10.3. The number of ether oxygens (including phenoxy) is 1. The van der Waals surface area contributed by atoms with Crippen LogP contribution >= 0.6 is 27.5 Å². The third kappa shape index (κ3) is 4.08. The zero-order valence-corrected chi connectivity index (χ0v) is 13.4. The number of hydrogen-bond acceptors (Lipinski definition) is 4. The highest BCUT2D eigenvalue weighted by Gasteiger charge is 2.24. The molecule has 0 spiro atoms. The van der Waals surface area contributed by atoms with Crippen LogP contribution in [-0.2, 0) is 10.0 Å². The highest BCUT2D eigenvalue weighted by molar-refractivity contribution is 9.10. The number of nitriles is 1. The lowest BCUT2D eigenvalue weighted by Gasteiger charge is -2.15. The summed E-state index contributed by atoms with van der Waals surface area (Å²) >= 11 is 9.05. The molecule has 8 heteroatoms. The van der Waals surface area contributed by atoms with E-state index in [-0.39, 0.29) is 22.1 Å². The van der Waals surface area contributed by atoms with Gasteiger partial charge in [-0.25, -0.2) is 13.1 Å². The quantitative estimate of drug-likeness (QED) is 0.868. The van der Waals surface area contributed by atoms with Crippen molar-refractivity contribution < 1.29 is 13.2 Å². The van der Waals surface area contributed by atoms with Gasteiger partial charge in [-0.15, -0.1) is 0 Å². The summed E-state index contributed by atoms with van der Waals surface area (Å²) in [5, 5.41) is 8.82. The molecule has 1 rings (SSSR count). The highest BCUT2D eigenvalue weighted by Crippen LogP contribution is 2.35. The van der Waals surface area contributed by atoms with Crippen molar-refractivity contribution >= 4 is 37.6 Å². The van der Waals surface area contributed by atoms with E-state index in [1.165, 1.54) is 19.2 Å². The second kappa shape index (κ2) is 6.57. The SMILES string of the molecule is COc1c(Br)cc(Cl)cc1S(=O)(=O)N[C@@H](C)CC#N. The summed E-state index contributed by atoms with van der Waals surface area (Å²) in [4.78, 5) is -0.0702. The summed E-state index contributed by atoms with van der Waals surface area (Å²) in [6.07, 6.45) is 0.0727. The molecule has 1 atom stereocenters. The predicted octanol–water partition coefficient (Wildman–Crippen LogP) is 2.69. The van der Waals surface area contributed by atoms with Gasteiger partial charge in [-0.1, -0.05) is 11.6 Å². The second-order valence-corrected chi connectivity index (χ2v) is 6.78. The summed E-state index contributed by atoms with van der Waals surface area (Å²) in [7, 11) is -2.44. The van der Waals surface area contributed by atoms with E-state index in [9.17, 15) is 8.42 Å². The maximum Gasteiger partial charge on any atom is 0.244 e. The third-order valence-electron chi connectivity index (χ3n) is 2.22. The fourth-order valence-corrected chi connectivity index (χ4v) is 4.07. The van der Waals surface area contributed by atoms with Crippen LogP contribution in [0.15, 0.2) is 21.5 Å². The molecule has 1 aromatic carbocycles. The molecule has 0 aliphatic rings. The van der Waals surface area contributed by atoms with Gasteiger partial charge in [0.1, 0.15) is 4.90 Å². The molecule has 1 N–H and O–H groups in total. The number of methoxy groups -OCH3 is 1. The van der Waals surface area contributed by atoms with Gasteiger partial charge in [0, 0.05) is 11.1 Å². The molecular formula is C11H12BrClN2O3S. The molecule has 0 fully saturated rings.